The Bertz CT molecular complexity index is 538. The largest absolute Gasteiger partial charge is 0.467 e. The summed E-state index contributed by atoms with van der Waals surface area (Å²) >= 11 is 0. The van der Waals surface area contributed by atoms with Crippen LogP contribution in [0.5, 0.6) is 0 Å². The number of halogens is 1. The van der Waals surface area contributed by atoms with Crippen molar-refractivity contribution in [2.45, 2.75) is 33.6 Å². The first-order chi connectivity index (χ1) is 10.1. The summed E-state index contributed by atoms with van der Waals surface area (Å²) in [6.07, 6.45) is 1.60. The van der Waals surface area contributed by atoms with Gasteiger partial charge >= 0.3 is 0 Å². The van der Waals surface area contributed by atoms with E-state index in [1.54, 1.807) is 18.4 Å². The van der Waals surface area contributed by atoms with E-state index in [4.69, 9.17) is 9.15 Å². The van der Waals surface area contributed by atoms with Gasteiger partial charge in [0.1, 0.15) is 18.2 Å². The van der Waals surface area contributed by atoms with Gasteiger partial charge in [0, 0.05) is 12.1 Å². The predicted molar refractivity (Wildman–Crippen MR) is 80.1 cm³/mol. The molecular weight excluding hydrogens is 269 g/mol. The zero-order chi connectivity index (χ0) is 15.1. The van der Waals surface area contributed by atoms with Crippen LogP contribution in [0.4, 0.5) is 4.39 Å². The van der Waals surface area contributed by atoms with E-state index in [0.717, 1.165) is 24.4 Å². The summed E-state index contributed by atoms with van der Waals surface area (Å²) in [5, 5.41) is 3.35. The highest BCUT2D eigenvalue weighted by Crippen LogP contribution is 2.13. The molecule has 0 spiro atoms. The average Bonchev–Trinajstić information content (AvgIpc) is 2.95. The van der Waals surface area contributed by atoms with Crippen LogP contribution >= 0.6 is 0 Å². The zero-order valence-electron chi connectivity index (χ0n) is 12.6. The Kier molecular flexibility index (Phi) is 5.96. The van der Waals surface area contributed by atoms with E-state index < -0.39 is 0 Å². The molecule has 1 heterocycles. The number of nitrogens with one attached hydrogen (secondary N) is 1. The lowest BCUT2D eigenvalue weighted by atomic mass is 10.1. The van der Waals surface area contributed by atoms with Crippen LogP contribution in [0.25, 0.3) is 0 Å². The molecule has 21 heavy (non-hydrogen) atoms. The van der Waals surface area contributed by atoms with E-state index in [2.05, 4.69) is 19.2 Å². The van der Waals surface area contributed by atoms with Crippen LogP contribution in [-0.2, 0) is 24.5 Å². The highest BCUT2D eigenvalue weighted by atomic mass is 19.1. The number of benzene rings is 1. The molecule has 0 saturated heterocycles. The molecular formula is C17H22FNO2. The van der Waals surface area contributed by atoms with Gasteiger partial charge in [-0.3, -0.25) is 0 Å². The van der Waals surface area contributed by atoms with Crippen molar-refractivity contribution in [3.05, 3.63) is 59.3 Å². The minimum Gasteiger partial charge on any atom is -0.467 e. The van der Waals surface area contributed by atoms with E-state index in [9.17, 15) is 4.39 Å². The van der Waals surface area contributed by atoms with Crippen molar-refractivity contribution in [3.8, 4) is 0 Å². The van der Waals surface area contributed by atoms with Crippen molar-refractivity contribution < 1.29 is 13.5 Å². The van der Waals surface area contributed by atoms with E-state index in [1.165, 1.54) is 6.07 Å². The minimum atomic E-state index is -0.234. The maximum atomic E-state index is 13.8. The summed E-state index contributed by atoms with van der Waals surface area (Å²) in [6, 6.07) is 8.80. The van der Waals surface area contributed by atoms with Gasteiger partial charge in [0.05, 0.1) is 12.9 Å². The molecule has 0 aliphatic carbocycles. The first-order valence-electron chi connectivity index (χ1n) is 7.23. The Balaban J connectivity index is 1.86. The molecule has 2 aromatic rings. The molecule has 2 rings (SSSR count). The Morgan fingerprint density at radius 1 is 1.24 bits per heavy atom. The molecule has 0 aliphatic heterocycles. The minimum absolute atomic E-state index is 0.234. The van der Waals surface area contributed by atoms with Crippen LogP contribution in [0.2, 0.25) is 0 Å². The molecule has 0 unspecified atom stereocenters. The molecule has 0 aliphatic rings. The Labute approximate surface area is 125 Å². The van der Waals surface area contributed by atoms with Gasteiger partial charge in [0.15, 0.2) is 0 Å². The van der Waals surface area contributed by atoms with Gasteiger partial charge in [-0.1, -0.05) is 19.9 Å². The highest BCUT2D eigenvalue weighted by molar-refractivity contribution is 5.24. The molecule has 1 N–H and O–H groups in total. The Morgan fingerprint density at radius 3 is 2.81 bits per heavy atom. The maximum absolute atomic E-state index is 13.8. The van der Waals surface area contributed by atoms with Crippen LogP contribution < -0.4 is 5.32 Å². The van der Waals surface area contributed by atoms with E-state index in [0.29, 0.717) is 18.1 Å². The fourth-order valence-corrected chi connectivity index (χ4v) is 2.01. The monoisotopic (exact) mass is 291 g/mol. The first-order valence-corrected chi connectivity index (χ1v) is 7.23. The van der Waals surface area contributed by atoms with Gasteiger partial charge in [-0.15, -0.1) is 0 Å². The van der Waals surface area contributed by atoms with E-state index in [1.807, 2.05) is 12.1 Å². The molecule has 0 saturated carbocycles. The summed E-state index contributed by atoms with van der Waals surface area (Å²) < 4.78 is 24.4. The van der Waals surface area contributed by atoms with E-state index >= 15 is 0 Å². The van der Waals surface area contributed by atoms with Gasteiger partial charge in [-0.2, -0.15) is 0 Å². The molecule has 114 valence electrons. The summed E-state index contributed by atoms with van der Waals surface area (Å²) in [5.74, 6) is 1.11. The van der Waals surface area contributed by atoms with Crippen LogP contribution in [-0.4, -0.2) is 6.54 Å². The predicted octanol–water partition coefficient (Wildman–Crippen LogP) is 3.88. The molecule has 0 atom stereocenters. The van der Waals surface area contributed by atoms with Crippen LogP contribution in [0.1, 0.15) is 30.7 Å². The topological polar surface area (TPSA) is 34.4 Å². The van der Waals surface area contributed by atoms with Gasteiger partial charge in [0.2, 0.25) is 0 Å². The maximum Gasteiger partial charge on any atom is 0.129 e. The van der Waals surface area contributed by atoms with Crippen LogP contribution in [0.3, 0.4) is 0 Å². The molecule has 3 nitrogen and oxygen atoms in total. The normalized spacial score (nSPS) is 11.2. The Morgan fingerprint density at radius 2 is 2.10 bits per heavy atom. The van der Waals surface area contributed by atoms with Gasteiger partial charge in [0.25, 0.3) is 0 Å². The third kappa shape index (κ3) is 5.33. The number of hydrogen-bond acceptors (Lipinski definition) is 3. The van der Waals surface area contributed by atoms with Crippen LogP contribution in [0, 0.1) is 11.7 Å². The number of rotatable bonds is 8. The number of hydrogen-bond donors (Lipinski definition) is 1. The average molecular weight is 291 g/mol. The first kappa shape index (κ1) is 15.7. The second-order valence-corrected chi connectivity index (χ2v) is 5.52. The summed E-state index contributed by atoms with van der Waals surface area (Å²) in [7, 11) is 0. The van der Waals surface area contributed by atoms with Gasteiger partial charge < -0.3 is 14.5 Å². The van der Waals surface area contributed by atoms with Crippen molar-refractivity contribution in [1.82, 2.24) is 5.32 Å². The van der Waals surface area contributed by atoms with E-state index in [-0.39, 0.29) is 12.4 Å². The second-order valence-electron chi connectivity index (χ2n) is 5.52. The smallest absolute Gasteiger partial charge is 0.129 e. The number of furan rings is 1. The fraction of sp³-hybridized carbons (Fsp3) is 0.412. The highest BCUT2D eigenvalue weighted by Gasteiger charge is 2.05. The second kappa shape index (κ2) is 7.96. The third-order valence-electron chi connectivity index (χ3n) is 3.07. The molecule has 0 bridgehead atoms. The van der Waals surface area contributed by atoms with Crippen LogP contribution in [0.15, 0.2) is 41.0 Å². The van der Waals surface area contributed by atoms with Crippen molar-refractivity contribution in [2.75, 3.05) is 6.54 Å². The lowest BCUT2D eigenvalue weighted by molar-refractivity contribution is 0.0908. The Hall–Kier alpha value is -1.65. The standard InChI is InChI=1S/C17H22FNO2/c1-13(2)9-19-10-14-5-6-17(18)15(8-14)11-20-12-16-4-3-7-21-16/h3-8,13,19H,9-12H2,1-2H3. The van der Waals surface area contributed by atoms with Crippen molar-refractivity contribution in [1.29, 1.82) is 0 Å². The van der Waals surface area contributed by atoms with Gasteiger partial charge in [-0.05, 0) is 42.3 Å². The third-order valence-corrected chi connectivity index (χ3v) is 3.07. The number of ether oxygens (including phenoxy) is 1. The summed E-state index contributed by atoms with van der Waals surface area (Å²) in [4.78, 5) is 0. The van der Waals surface area contributed by atoms with Gasteiger partial charge in [-0.25, -0.2) is 4.39 Å². The lowest BCUT2D eigenvalue weighted by Crippen LogP contribution is -2.19. The molecule has 4 heteroatoms. The summed E-state index contributed by atoms with van der Waals surface area (Å²) in [6.45, 7) is 6.59. The van der Waals surface area contributed by atoms with Crippen molar-refractivity contribution in [3.63, 3.8) is 0 Å². The molecule has 1 aromatic heterocycles. The molecule has 1 aromatic carbocycles. The quantitative estimate of drug-likeness (QED) is 0.801. The van der Waals surface area contributed by atoms with Crippen molar-refractivity contribution >= 4 is 0 Å². The summed E-state index contributed by atoms with van der Waals surface area (Å²) in [5.41, 5.74) is 1.64. The molecule has 0 radical (unpaired) electrons. The molecule has 0 fully saturated rings. The zero-order valence-corrected chi connectivity index (χ0v) is 12.6. The lowest BCUT2D eigenvalue weighted by Gasteiger charge is -2.10. The SMILES string of the molecule is CC(C)CNCc1ccc(F)c(COCc2ccco2)c1. The molecule has 0 amide bonds. The fourth-order valence-electron chi connectivity index (χ4n) is 2.01. The van der Waals surface area contributed by atoms with Crippen molar-refractivity contribution in [2.24, 2.45) is 5.92 Å².